The van der Waals surface area contributed by atoms with E-state index < -0.39 is 0 Å². The minimum Gasteiger partial charge on any atom is -0.493 e. The van der Waals surface area contributed by atoms with E-state index >= 15 is 0 Å². The molecule has 128 valence electrons. The van der Waals surface area contributed by atoms with E-state index in [0.29, 0.717) is 24.5 Å². The van der Waals surface area contributed by atoms with E-state index in [-0.39, 0.29) is 5.97 Å². The molecule has 0 spiro atoms. The zero-order chi connectivity index (χ0) is 16.8. The Morgan fingerprint density at radius 2 is 1.74 bits per heavy atom. The standard InChI is InChI=1S/C20H30O3/c1-3-5-6-7-8-9-10-11-14-17-23-19-16-13-12-15-18(19)20(21)22-4-2/h9-10,12-13,15-16H,3-8,11,14,17H2,1-2H3. The second-order valence-corrected chi connectivity index (χ2v) is 5.53. The van der Waals surface area contributed by atoms with Crippen LogP contribution in [0.5, 0.6) is 5.75 Å². The van der Waals surface area contributed by atoms with Crippen molar-refractivity contribution in [2.75, 3.05) is 13.2 Å². The topological polar surface area (TPSA) is 35.5 Å². The molecule has 0 fully saturated rings. The van der Waals surface area contributed by atoms with Crippen molar-refractivity contribution < 1.29 is 14.3 Å². The van der Waals surface area contributed by atoms with Crippen LogP contribution in [0, 0.1) is 0 Å². The molecule has 0 aromatic heterocycles. The number of para-hydroxylation sites is 1. The van der Waals surface area contributed by atoms with Gasteiger partial charge in [-0.2, -0.15) is 0 Å². The highest BCUT2D eigenvalue weighted by Crippen LogP contribution is 2.19. The lowest BCUT2D eigenvalue weighted by Crippen LogP contribution is -2.08. The largest absolute Gasteiger partial charge is 0.493 e. The third-order valence-corrected chi connectivity index (χ3v) is 3.55. The molecular weight excluding hydrogens is 288 g/mol. The molecular formula is C20H30O3. The van der Waals surface area contributed by atoms with E-state index in [1.165, 1.54) is 32.1 Å². The van der Waals surface area contributed by atoms with E-state index in [1.807, 2.05) is 18.2 Å². The molecule has 0 aliphatic carbocycles. The van der Waals surface area contributed by atoms with Crippen LogP contribution in [0.3, 0.4) is 0 Å². The van der Waals surface area contributed by atoms with E-state index in [4.69, 9.17) is 9.47 Å². The molecule has 1 aromatic carbocycles. The average Bonchev–Trinajstić information content (AvgIpc) is 2.57. The number of rotatable bonds is 12. The predicted octanol–water partition coefficient (Wildman–Crippen LogP) is 5.55. The van der Waals surface area contributed by atoms with Crippen molar-refractivity contribution in [3.8, 4) is 5.75 Å². The van der Waals surface area contributed by atoms with Gasteiger partial charge in [0, 0.05) is 0 Å². The van der Waals surface area contributed by atoms with Crippen molar-refractivity contribution in [2.45, 2.75) is 58.8 Å². The van der Waals surface area contributed by atoms with Gasteiger partial charge in [0.15, 0.2) is 0 Å². The third kappa shape index (κ3) is 8.44. The van der Waals surface area contributed by atoms with Crippen LogP contribution < -0.4 is 4.74 Å². The zero-order valence-corrected chi connectivity index (χ0v) is 14.6. The Labute approximate surface area is 140 Å². The third-order valence-electron chi connectivity index (χ3n) is 3.55. The maximum Gasteiger partial charge on any atom is 0.341 e. The summed E-state index contributed by atoms with van der Waals surface area (Å²) < 4.78 is 10.8. The van der Waals surface area contributed by atoms with Crippen molar-refractivity contribution in [3.05, 3.63) is 42.0 Å². The van der Waals surface area contributed by atoms with Crippen LogP contribution in [-0.4, -0.2) is 19.2 Å². The van der Waals surface area contributed by atoms with Gasteiger partial charge in [-0.15, -0.1) is 0 Å². The Morgan fingerprint density at radius 1 is 1.00 bits per heavy atom. The molecule has 0 saturated heterocycles. The molecule has 0 bridgehead atoms. The molecule has 0 radical (unpaired) electrons. The Balaban J connectivity index is 2.23. The Bertz CT molecular complexity index is 466. The first kappa shape index (κ1) is 19.3. The fraction of sp³-hybridized carbons (Fsp3) is 0.550. The Kier molecular flexibility index (Phi) is 10.7. The van der Waals surface area contributed by atoms with E-state index in [2.05, 4.69) is 19.1 Å². The summed E-state index contributed by atoms with van der Waals surface area (Å²) in [6.45, 7) is 5.01. The predicted molar refractivity (Wildman–Crippen MR) is 95.0 cm³/mol. The SMILES string of the molecule is CCCCCCC=CCCCOc1ccccc1C(=O)OCC. The van der Waals surface area contributed by atoms with Gasteiger partial charge in [-0.05, 0) is 44.7 Å². The first-order valence-electron chi connectivity index (χ1n) is 8.83. The second-order valence-electron chi connectivity index (χ2n) is 5.53. The average molecular weight is 318 g/mol. The van der Waals surface area contributed by atoms with E-state index in [0.717, 1.165) is 12.8 Å². The molecule has 1 aromatic rings. The van der Waals surface area contributed by atoms with Gasteiger partial charge >= 0.3 is 5.97 Å². The molecule has 0 aliphatic rings. The monoisotopic (exact) mass is 318 g/mol. The first-order chi connectivity index (χ1) is 11.3. The quantitative estimate of drug-likeness (QED) is 0.288. The summed E-state index contributed by atoms with van der Waals surface area (Å²) in [5.41, 5.74) is 0.501. The van der Waals surface area contributed by atoms with Gasteiger partial charge in [-0.25, -0.2) is 4.79 Å². The summed E-state index contributed by atoms with van der Waals surface area (Å²) in [4.78, 5) is 11.8. The second kappa shape index (κ2) is 12.7. The Morgan fingerprint density at radius 3 is 2.48 bits per heavy atom. The fourth-order valence-corrected chi connectivity index (χ4v) is 2.28. The van der Waals surface area contributed by atoms with Crippen molar-refractivity contribution in [1.29, 1.82) is 0 Å². The number of ether oxygens (including phenoxy) is 2. The molecule has 0 aliphatic heterocycles. The first-order valence-corrected chi connectivity index (χ1v) is 8.83. The van der Waals surface area contributed by atoms with Gasteiger partial charge in [-0.3, -0.25) is 0 Å². The summed E-state index contributed by atoms with van der Waals surface area (Å²) in [7, 11) is 0. The van der Waals surface area contributed by atoms with Crippen LogP contribution in [0.15, 0.2) is 36.4 Å². The molecule has 1 rings (SSSR count). The van der Waals surface area contributed by atoms with Gasteiger partial charge < -0.3 is 9.47 Å². The lowest BCUT2D eigenvalue weighted by Gasteiger charge is -2.10. The summed E-state index contributed by atoms with van der Waals surface area (Å²) in [5, 5.41) is 0. The molecule has 0 heterocycles. The number of carbonyl (C=O) groups excluding carboxylic acids is 1. The lowest BCUT2D eigenvalue weighted by atomic mass is 10.1. The molecule has 0 N–H and O–H groups in total. The van der Waals surface area contributed by atoms with E-state index in [9.17, 15) is 4.79 Å². The van der Waals surface area contributed by atoms with Crippen molar-refractivity contribution in [3.63, 3.8) is 0 Å². The highest BCUT2D eigenvalue weighted by atomic mass is 16.5. The number of esters is 1. The van der Waals surface area contributed by atoms with Crippen molar-refractivity contribution in [1.82, 2.24) is 0 Å². The molecule has 3 nitrogen and oxygen atoms in total. The van der Waals surface area contributed by atoms with Crippen LogP contribution in [0.25, 0.3) is 0 Å². The minimum absolute atomic E-state index is 0.324. The number of allylic oxidation sites excluding steroid dienone is 2. The van der Waals surface area contributed by atoms with Crippen LogP contribution in [-0.2, 0) is 4.74 Å². The van der Waals surface area contributed by atoms with Gasteiger partial charge in [0.25, 0.3) is 0 Å². The number of unbranched alkanes of at least 4 members (excludes halogenated alkanes) is 5. The minimum atomic E-state index is -0.324. The van der Waals surface area contributed by atoms with Crippen molar-refractivity contribution >= 4 is 5.97 Å². The highest BCUT2D eigenvalue weighted by Gasteiger charge is 2.12. The van der Waals surface area contributed by atoms with Gasteiger partial charge in [0.1, 0.15) is 11.3 Å². The maximum atomic E-state index is 11.8. The van der Waals surface area contributed by atoms with Gasteiger partial charge in [0.05, 0.1) is 13.2 Å². The van der Waals surface area contributed by atoms with Crippen LogP contribution in [0.2, 0.25) is 0 Å². The summed E-state index contributed by atoms with van der Waals surface area (Å²) in [6, 6.07) is 7.24. The van der Waals surface area contributed by atoms with Crippen LogP contribution >= 0.6 is 0 Å². The molecule has 0 unspecified atom stereocenters. The highest BCUT2D eigenvalue weighted by molar-refractivity contribution is 5.92. The number of benzene rings is 1. The van der Waals surface area contributed by atoms with Gasteiger partial charge in [-0.1, -0.05) is 50.5 Å². The van der Waals surface area contributed by atoms with Crippen LogP contribution in [0.1, 0.15) is 69.2 Å². The van der Waals surface area contributed by atoms with Gasteiger partial charge in [0.2, 0.25) is 0 Å². The molecule has 0 saturated carbocycles. The molecule has 23 heavy (non-hydrogen) atoms. The summed E-state index contributed by atoms with van der Waals surface area (Å²) >= 11 is 0. The normalized spacial score (nSPS) is 10.9. The smallest absolute Gasteiger partial charge is 0.341 e. The number of hydrogen-bond donors (Lipinski definition) is 0. The fourth-order valence-electron chi connectivity index (χ4n) is 2.28. The zero-order valence-electron chi connectivity index (χ0n) is 14.6. The number of hydrogen-bond acceptors (Lipinski definition) is 3. The molecule has 3 heteroatoms. The summed E-state index contributed by atoms with van der Waals surface area (Å²) in [5.74, 6) is 0.282. The Hall–Kier alpha value is -1.77. The number of carbonyl (C=O) groups is 1. The molecule has 0 atom stereocenters. The van der Waals surface area contributed by atoms with Crippen molar-refractivity contribution in [2.24, 2.45) is 0 Å². The van der Waals surface area contributed by atoms with Crippen LogP contribution in [0.4, 0.5) is 0 Å². The van der Waals surface area contributed by atoms with E-state index in [1.54, 1.807) is 13.0 Å². The molecule has 0 amide bonds. The lowest BCUT2D eigenvalue weighted by molar-refractivity contribution is 0.0521. The summed E-state index contributed by atoms with van der Waals surface area (Å²) in [6.07, 6.45) is 12.9. The maximum absolute atomic E-state index is 11.8.